The second-order valence-corrected chi connectivity index (χ2v) is 8.41. The first kappa shape index (κ1) is 15.4. The van der Waals surface area contributed by atoms with Gasteiger partial charge in [0, 0.05) is 13.8 Å². The van der Waals surface area contributed by atoms with Crippen molar-refractivity contribution >= 4 is 0 Å². The van der Waals surface area contributed by atoms with E-state index in [2.05, 4.69) is 19.1 Å². The number of rotatable bonds is 3. The van der Waals surface area contributed by atoms with Crippen LogP contribution >= 0.6 is 0 Å². The van der Waals surface area contributed by atoms with Crippen LogP contribution in [0.15, 0.2) is 12.1 Å². The lowest BCUT2D eigenvalue weighted by Crippen LogP contribution is -2.29. The maximum atomic E-state index is 5.92. The lowest BCUT2D eigenvalue weighted by atomic mass is 9.74. The van der Waals surface area contributed by atoms with Gasteiger partial charge in [-0.15, -0.1) is 0 Å². The molecule has 1 saturated carbocycles. The maximum absolute atomic E-state index is 5.92. The van der Waals surface area contributed by atoms with E-state index < -0.39 is 5.79 Å². The Morgan fingerprint density at radius 2 is 1.48 bits per heavy atom. The summed E-state index contributed by atoms with van der Waals surface area (Å²) in [6, 6.07) is 4.50. The van der Waals surface area contributed by atoms with Crippen LogP contribution in [0.1, 0.15) is 70.4 Å². The van der Waals surface area contributed by atoms with Crippen molar-refractivity contribution in [2.75, 3.05) is 0 Å². The molecule has 0 unspecified atom stereocenters. The summed E-state index contributed by atoms with van der Waals surface area (Å²) in [5, 5.41) is 0. The fourth-order valence-electron chi connectivity index (χ4n) is 5.06. The first-order chi connectivity index (χ1) is 11.0. The second kappa shape index (κ2) is 5.72. The van der Waals surface area contributed by atoms with Crippen LogP contribution < -0.4 is 9.47 Å². The third-order valence-corrected chi connectivity index (χ3v) is 6.20. The molecule has 1 aliphatic heterocycles. The Kier molecular flexibility index (Phi) is 3.82. The summed E-state index contributed by atoms with van der Waals surface area (Å²) in [7, 11) is 0. The zero-order chi connectivity index (χ0) is 16.0. The van der Waals surface area contributed by atoms with Gasteiger partial charge in [-0.1, -0.05) is 32.6 Å². The molecule has 0 saturated heterocycles. The molecule has 2 nitrogen and oxygen atoms in total. The van der Waals surface area contributed by atoms with Crippen LogP contribution in [0.25, 0.3) is 0 Å². The molecule has 1 aromatic carbocycles. The molecule has 0 aromatic heterocycles. The van der Waals surface area contributed by atoms with E-state index in [1.807, 2.05) is 13.8 Å². The van der Waals surface area contributed by atoms with Crippen LogP contribution in [0.3, 0.4) is 0 Å². The molecule has 0 bridgehead atoms. The van der Waals surface area contributed by atoms with E-state index >= 15 is 0 Å². The predicted octanol–water partition coefficient (Wildman–Crippen LogP) is 5.52. The number of hydrogen-bond donors (Lipinski definition) is 0. The van der Waals surface area contributed by atoms with Crippen molar-refractivity contribution in [2.24, 2.45) is 17.8 Å². The van der Waals surface area contributed by atoms with Gasteiger partial charge >= 0.3 is 0 Å². The normalized spacial score (nSPS) is 28.8. The predicted molar refractivity (Wildman–Crippen MR) is 93.0 cm³/mol. The van der Waals surface area contributed by atoms with Gasteiger partial charge in [0.2, 0.25) is 5.79 Å². The highest BCUT2D eigenvalue weighted by atomic mass is 16.7. The Morgan fingerprint density at radius 3 is 2.00 bits per heavy atom. The van der Waals surface area contributed by atoms with Gasteiger partial charge < -0.3 is 9.47 Å². The van der Waals surface area contributed by atoms with Gasteiger partial charge in [0.1, 0.15) is 0 Å². The maximum Gasteiger partial charge on any atom is 0.246 e. The molecular weight excluding hydrogens is 284 g/mol. The number of fused-ring (bicyclic) bond motifs is 2. The highest BCUT2D eigenvalue weighted by Crippen LogP contribution is 2.46. The summed E-state index contributed by atoms with van der Waals surface area (Å²) in [6.07, 6.45) is 11.1. The minimum atomic E-state index is -0.505. The van der Waals surface area contributed by atoms with Crippen molar-refractivity contribution < 1.29 is 9.47 Å². The van der Waals surface area contributed by atoms with E-state index in [9.17, 15) is 0 Å². The number of benzene rings is 1. The highest BCUT2D eigenvalue weighted by Gasteiger charge is 2.36. The molecule has 0 spiro atoms. The van der Waals surface area contributed by atoms with Crippen LogP contribution in [0, 0.1) is 17.8 Å². The van der Waals surface area contributed by atoms with Gasteiger partial charge in [-0.3, -0.25) is 0 Å². The van der Waals surface area contributed by atoms with Crippen LogP contribution in [-0.4, -0.2) is 5.79 Å². The molecule has 4 rings (SSSR count). The van der Waals surface area contributed by atoms with Crippen molar-refractivity contribution in [1.82, 2.24) is 0 Å². The van der Waals surface area contributed by atoms with Crippen molar-refractivity contribution in [3.63, 3.8) is 0 Å². The standard InChI is InChI=1S/C21H30O2/c1-4-5-14-6-8-15(9-7-14)16-10-17-12-19-20(13-18(17)11-16)23-21(2,3)22-19/h12-16H,4-11H2,1-3H3. The second-order valence-electron chi connectivity index (χ2n) is 8.41. The van der Waals surface area contributed by atoms with E-state index in [1.54, 1.807) is 0 Å². The molecular formula is C21H30O2. The van der Waals surface area contributed by atoms with E-state index in [0.29, 0.717) is 0 Å². The van der Waals surface area contributed by atoms with Gasteiger partial charge in [0.15, 0.2) is 11.5 Å². The molecule has 2 heteroatoms. The zero-order valence-electron chi connectivity index (χ0n) is 14.9. The topological polar surface area (TPSA) is 18.5 Å². The smallest absolute Gasteiger partial charge is 0.246 e. The average molecular weight is 314 g/mol. The third-order valence-electron chi connectivity index (χ3n) is 6.20. The van der Waals surface area contributed by atoms with Crippen LogP contribution in [0.2, 0.25) is 0 Å². The summed E-state index contributed by atoms with van der Waals surface area (Å²) in [5.41, 5.74) is 3.01. The van der Waals surface area contributed by atoms with Gasteiger partial charge in [0.25, 0.3) is 0 Å². The van der Waals surface area contributed by atoms with E-state index in [1.165, 1.54) is 62.5 Å². The monoisotopic (exact) mass is 314 g/mol. The van der Waals surface area contributed by atoms with Crippen molar-refractivity contribution in [1.29, 1.82) is 0 Å². The molecule has 0 N–H and O–H groups in total. The first-order valence-electron chi connectivity index (χ1n) is 9.58. The molecule has 23 heavy (non-hydrogen) atoms. The number of ether oxygens (including phenoxy) is 2. The fraction of sp³-hybridized carbons (Fsp3) is 0.714. The molecule has 1 aromatic rings. The van der Waals surface area contributed by atoms with Gasteiger partial charge in [-0.2, -0.15) is 0 Å². The number of hydrogen-bond acceptors (Lipinski definition) is 2. The van der Waals surface area contributed by atoms with E-state index in [0.717, 1.165) is 29.3 Å². The largest absolute Gasteiger partial charge is 0.449 e. The van der Waals surface area contributed by atoms with Crippen LogP contribution in [0.5, 0.6) is 11.5 Å². The van der Waals surface area contributed by atoms with Crippen LogP contribution in [0.4, 0.5) is 0 Å². The SMILES string of the molecule is CCCC1CCC(C2Cc3cc4c(cc3C2)OC(C)(C)O4)CC1. The van der Waals surface area contributed by atoms with Gasteiger partial charge in [-0.25, -0.2) is 0 Å². The Morgan fingerprint density at radius 1 is 0.913 bits per heavy atom. The third kappa shape index (κ3) is 2.97. The molecule has 0 atom stereocenters. The fourth-order valence-corrected chi connectivity index (χ4v) is 5.06. The minimum absolute atomic E-state index is 0.505. The van der Waals surface area contributed by atoms with Crippen molar-refractivity contribution in [2.45, 2.75) is 77.9 Å². The summed E-state index contributed by atoms with van der Waals surface area (Å²) in [5.74, 6) is 4.18. The van der Waals surface area contributed by atoms with Gasteiger partial charge in [0.05, 0.1) is 0 Å². The average Bonchev–Trinajstić information content (AvgIpc) is 3.03. The summed E-state index contributed by atoms with van der Waals surface area (Å²) in [4.78, 5) is 0. The van der Waals surface area contributed by atoms with Crippen molar-refractivity contribution in [3.8, 4) is 11.5 Å². The molecule has 0 amide bonds. The molecule has 1 heterocycles. The molecule has 3 aliphatic rings. The molecule has 126 valence electrons. The van der Waals surface area contributed by atoms with Crippen LogP contribution in [-0.2, 0) is 12.8 Å². The van der Waals surface area contributed by atoms with Crippen molar-refractivity contribution in [3.05, 3.63) is 23.3 Å². The lowest BCUT2D eigenvalue weighted by Gasteiger charge is -2.32. The molecule has 2 aliphatic carbocycles. The van der Waals surface area contributed by atoms with Gasteiger partial charge in [-0.05, 0) is 66.7 Å². The highest BCUT2D eigenvalue weighted by molar-refractivity contribution is 5.51. The molecule has 1 fully saturated rings. The van der Waals surface area contributed by atoms with E-state index in [4.69, 9.17) is 9.47 Å². The Bertz CT molecular complexity index is 545. The first-order valence-corrected chi connectivity index (χ1v) is 9.58. The Balaban J connectivity index is 1.42. The van der Waals surface area contributed by atoms with E-state index in [-0.39, 0.29) is 0 Å². The quantitative estimate of drug-likeness (QED) is 0.732. The summed E-state index contributed by atoms with van der Waals surface area (Å²) >= 11 is 0. The molecule has 0 radical (unpaired) electrons. The lowest BCUT2D eigenvalue weighted by molar-refractivity contribution is -0.0431. The summed E-state index contributed by atoms with van der Waals surface area (Å²) in [6.45, 7) is 6.29. The minimum Gasteiger partial charge on any atom is -0.449 e. The Labute approximate surface area is 140 Å². The summed E-state index contributed by atoms with van der Waals surface area (Å²) < 4.78 is 11.8. The Hall–Kier alpha value is -1.18. The zero-order valence-corrected chi connectivity index (χ0v) is 14.9.